The van der Waals surface area contributed by atoms with E-state index < -0.39 is 0 Å². The Morgan fingerprint density at radius 3 is 1.19 bits per heavy atom. The first-order chi connectivity index (χ1) is 11.8. The number of likely N-dealkylation sites (N-methyl/N-ethyl adjacent to an activating group) is 2. The van der Waals surface area contributed by atoms with Crippen LogP contribution in [0.5, 0.6) is 0 Å². The smallest absolute Gasteiger partial charge is 0.0772 e. The first-order valence-corrected chi connectivity index (χ1v) is 10.6. The molecule has 0 N–H and O–H groups in total. The van der Waals surface area contributed by atoms with Gasteiger partial charge in [-0.2, -0.15) is 0 Å². The van der Waals surface area contributed by atoms with Gasteiger partial charge in [0.05, 0.1) is 25.4 Å². The van der Waals surface area contributed by atoms with E-state index in [2.05, 4.69) is 79.0 Å². The lowest BCUT2D eigenvalue weighted by molar-refractivity contribution is -0.0675. The fraction of sp³-hybridized carbons (Fsp3) is 1.00. The average molecular weight is 369 g/mol. The van der Waals surface area contributed by atoms with Gasteiger partial charge >= 0.3 is 0 Å². The van der Waals surface area contributed by atoms with Gasteiger partial charge in [-0.1, -0.05) is 13.8 Å². The average Bonchev–Trinajstić information content (AvgIpc) is 2.77. The second-order valence-corrected chi connectivity index (χ2v) is 10.5. The van der Waals surface area contributed by atoms with Crippen LogP contribution < -0.4 is 0 Å². The molecule has 0 aromatic rings. The van der Waals surface area contributed by atoms with Gasteiger partial charge in [-0.15, -0.1) is 0 Å². The normalized spacial score (nSPS) is 33.0. The molecule has 4 heteroatoms. The summed E-state index contributed by atoms with van der Waals surface area (Å²) in [6.07, 6.45) is 2.70. The third-order valence-corrected chi connectivity index (χ3v) is 7.15. The summed E-state index contributed by atoms with van der Waals surface area (Å²) in [5.74, 6) is 0. The number of rotatable bonds is 7. The molecular formula is C22H44N2O2. The van der Waals surface area contributed by atoms with Gasteiger partial charge in [0.1, 0.15) is 0 Å². The number of ether oxygens (including phenoxy) is 2. The second-order valence-electron chi connectivity index (χ2n) is 10.5. The molecule has 2 atom stereocenters. The summed E-state index contributed by atoms with van der Waals surface area (Å²) in [6.45, 7) is 26.6. The van der Waals surface area contributed by atoms with Crippen molar-refractivity contribution in [3.8, 4) is 0 Å². The Balaban J connectivity index is 1.88. The molecule has 2 fully saturated rings. The highest BCUT2D eigenvalue weighted by atomic mass is 16.5. The summed E-state index contributed by atoms with van der Waals surface area (Å²) in [4.78, 5) is 5.15. The van der Waals surface area contributed by atoms with Crippen molar-refractivity contribution >= 4 is 0 Å². The summed E-state index contributed by atoms with van der Waals surface area (Å²) in [7, 11) is 0. The van der Waals surface area contributed by atoms with Gasteiger partial charge in [0.15, 0.2) is 0 Å². The van der Waals surface area contributed by atoms with Crippen molar-refractivity contribution in [1.82, 2.24) is 9.80 Å². The maximum atomic E-state index is 6.34. The molecule has 0 spiro atoms. The summed E-state index contributed by atoms with van der Waals surface area (Å²) < 4.78 is 12.7. The molecule has 0 bridgehead atoms. The highest BCUT2D eigenvalue weighted by Gasteiger charge is 2.52. The molecule has 0 aliphatic carbocycles. The van der Waals surface area contributed by atoms with E-state index in [0.29, 0.717) is 13.2 Å². The molecule has 0 radical (unpaired) electrons. The third kappa shape index (κ3) is 3.85. The van der Waals surface area contributed by atoms with E-state index in [0.717, 1.165) is 25.9 Å². The predicted octanol–water partition coefficient (Wildman–Crippen LogP) is 4.32. The van der Waals surface area contributed by atoms with Gasteiger partial charge in [0.25, 0.3) is 0 Å². The summed E-state index contributed by atoms with van der Waals surface area (Å²) in [6, 6.07) is 0. The standard InChI is InChI=1S/C22H44N2O2/c1-11-23-19(3,4)15-17(21(23,7)8)25-13-14-26-18-16-20(5,6)24(12-2)22(18,9)10/h17-18H,11-16H2,1-10H3. The highest BCUT2D eigenvalue weighted by Crippen LogP contribution is 2.43. The van der Waals surface area contributed by atoms with Crippen LogP contribution in [-0.4, -0.2) is 70.5 Å². The van der Waals surface area contributed by atoms with Crippen molar-refractivity contribution in [2.75, 3.05) is 26.3 Å². The van der Waals surface area contributed by atoms with Crippen LogP contribution in [0.4, 0.5) is 0 Å². The van der Waals surface area contributed by atoms with Gasteiger partial charge in [0.2, 0.25) is 0 Å². The Hall–Kier alpha value is -0.160. The van der Waals surface area contributed by atoms with Crippen LogP contribution in [0.3, 0.4) is 0 Å². The lowest BCUT2D eigenvalue weighted by atomic mass is 9.97. The molecule has 0 aromatic carbocycles. The van der Waals surface area contributed by atoms with Crippen LogP contribution in [0.15, 0.2) is 0 Å². The molecule has 2 unspecified atom stereocenters. The molecule has 2 heterocycles. The molecule has 4 nitrogen and oxygen atoms in total. The van der Waals surface area contributed by atoms with Crippen LogP contribution >= 0.6 is 0 Å². The van der Waals surface area contributed by atoms with Crippen molar-refractivity contribution in [3.63, 3.8) is 0 Å². The number of hydrogen-bond acceptors (Lipinski definition) is 4. The maximum Gasteiger partial charge on any atom is 0.0772 e. The molecule has 2 aliphatic heterocycles. The molecule has 26 heavy (non-hydrogen) atoms. The summed E-state index contributed by atoms with van der Waals surface area (Å²) in [5.41, 5.74) is 0.545. The molecular weight excluding hydrogens is 324 g/mol. The number of likely N-dealkylation sites (tertiary alicyclic amines) is 2. The van der Waals surface area contributed by atoms with Gasteiger partial charge < -0.3 is 9.47 Å². The summed E-state index contributed by atoms with van der Waals surface area (Å²) in [5, 5.41) is 0. The Bertz CT molecular complexity index is 441. The van der Waals surface area contributed by atoms with Crippen LogP contribution in [0.2, 0.25) is 0 Å². The molecule has 154 valence electrons. The van der Waals surface area contributed by atoms with Crippen LogP contribution in [0, 0.1) is 0 Å². The van der Waals surface area contributed by atoms with Crippen molar-refractivity contribution in [2.45, 2.75) is 116 Å². The Morgan fingerprint density at radius 1 is 0.654 bits per heavy atom. The molecule has 0 aromatic heterocycles. The van der Waals surface area contributed by atoms with Crippen LogP contribution in [0.25, 0.3) is 0 Å². The van der Waals surface area contributed by atoms with E-state index in [-0.39, 0.29) is 34.4 Å². The van der Waals surface area contributed by atoms with E-state index in [1.165, 1.54) is 0 Å². The second kappa shape index (κ2) is 7.35. The quantitative estimate of drug-likeness (QED) is 0.625. The van der Waals surface area contributed by atoms with Gasteiger partial charge in [-0.3, -0.25) is 9.80 Å². The molecule has 0 saturated carbocycles. The molecule has 2 rings (SSSR count). The predicted molar refractivity (Wildman–Crippen MR) is 110 cm³/mol. The number of hydrogen-bond donors (Lipinski definition) is 0. The van der Waals surface area contributed by atoms with Crippen LogP contribution in [-0.2, 0) is 9.47 Å². The topological polar surface area (TPSA) is 24.9 Å². The third-order valence-electron chi connectivity index (χ3n) is 7.15. The van der Waals surface area contributed by atoms with E-state index in [1.807, 2.05) is 0 Å². The molecule has 2 aliphatic rings. The van der Waals surface area contributed by atoms with Crippen molar-refractivity contribution in [2.24, 2.45) is 0 Å². The van der Waals surface area contributed by atoms with E-state index in [4.69, 9.17) is 9.47 Å². The van der Waals surface area contributed by atoms with Crippen LogP contribution in [0.1, 0.15) is 82.1 Å². The lowest BCUT2D eigenvalue weighted by Crippen LogP contribution is -2.51. The van der Waals surface area contributed by atoms with Crippen molar-refractivity contribution in [3.05, 3.63) is 0 Å². The van der Waals surface area contributed by atoms with E-state index in [1.54, 1.807) is 0 Å². The monoisotopic (exact) mass is 368 g/mol. The van der Waals surface area contributed by atoms with Gasteiger partial charge in [-0.25, -0.2) is 0 Å². The van der Waals surface area contributed by atoms with Gasteiger partial charge in [0, 0.05) is 22.2 Å². The Kier molecular flexibility index (Phi) is 6.25. The first-order valence-electron chi connectivity index (χ1n) is 10.6. The minimum atomic E-state index is 0.0753. The highest BCUT2D eigenvalue weighted by molar-refractivity contribution is 5.07. The minimum absolute atomic E-state index is 0.0753. The number of nitrogens with zero attached hydrogens (tertiary/aromatic N) is 2. The summed E-state index contributed by atoms with van der Waals surface area (Å²) >= 11 is 0. The van der Waals surface area contributed by atoms with E-state index in [9.17, 15) is 0 Å². The zero-order chi connectivity index (χ0) is 20.0. The fourth-order valence-corrected chi connectivity index (χ4v) is 6.11. The zero-order valence-electron chi connectivity index (χ0n) is 19.1. The molecule has 0 amide bonds. The van der Waals surface area contributed by atoms with Gasteiger partial charge in [-0.05, 0) is 81.3 Å². The first kappa shape index (κ1) is 22.1. The largest absolute Gasteiger partial charge is 0.374 e. The molecule has 2 saturated heterocycles. The van der Waals surface area contributed by atoms with Crippen molar-refractivity contribution in [1.29, 1.82) is 0 Å². The zero-order valence-corrected chi connectivity index (χ0v) is 19.1. The van der Waals surface area contributed by atoms with E-state index >= 15 is 0 Å². The Morgan fingerprint density at radius 2 is 0.962 bits per heavy atom. The fourth-order valence-electron chi connectivity index (χ4n) is 6.11. The minimum Gasteiger partial charge on any atom is -0.374 e. The lowest BCUT2D eigenvalue weighted by Gasteiger charge is -2.41. The maximum absolute atomic E-state index is 6.34. The van der Waals surface area contributed by atoms with Crippen molar-refractivity contribution < 1.29 is 9.47 Å². The SMILES string of the molecule is CCN1C(C)(C)CC(OCCOC2CC(C)(C)N(CC)C2(C)C)C1(C)C. The Labute approximate surface area is 162 Å².